The Kier molecular flexibility index (Phi) is 8.43. The molecule has 1 aliphatic heterocycles. The van der Waals surface area contributed by atoms with Crippen molar-refractivity contribution in [3.05, 3.63) is 59.2 Å². The molecule has 0 N–H and O–H groups in total. The number of thiazole rings is 1. The largest absolute Gasteiger partial charge is 0.379 e. The number of hydrogen-bond acceptors (Lipinski definition) is 5. The zero-order chi connectivity index (χ0) is 20.9. The normalized spacial score (nSPS) is 14.4. The quantitative estimate of drug-likeness (QED) is 0.516. The van der Waals surface area contributed by atoms with Crippen LogP contribution in [0.2, 0.25) is 0 Å². The zero-order valence-electron chi connectivity index (χ0n) is 18.2. The summed E-state index contributed by atoms with van der Waals surface area (Å²) in [6.07, 6.45) is 1.33. The van der Waals surface area contributed by atoms with Crippen LogP contribution in [0.4, 0.5) is 5.13 Å². The van der Waals surface area contributed by atoms with E-state index in [1.165, 1.54) is 5.56 Å². The summed E-state index contributed by atoms with van der Waals surface area (Å²) in [5.74, 6) is 0.115. The van der Waals surface area contributed by atoms with Crippen LogP contribution < -0.4 is 4.90 Å². The number of halogens is 1. The van der Waals surface area contributed by atoms with E-state index in [-0.39, 0.29) is 18.3 Å². The highest BCUT2D eigenvalue weighted by molar-refractivity contribution is 7.22. The van der Waals surface area contributed by atoms with Gasteiger partial charge in [0.1, 0.15) is 0 Å². The Hall–Kier alpha value is -1.99. The second-order valence-electron chi connectivity index (χ2n) is 7.92. The van der Waals surface area contributed by atoms with Gasteiger partial charge in [-0.1, -0.05) is 47.2 Å². The minimum atomic E-state index is 0. The van der Waals surface area contributed by atoms with Gasteiger partial charge in [-0.2, -0.15) is 0 Å². The molecular formula is C24H30ClN3O2S. The number of aryl methyl sites for hydroxylation is 2. The lowest BCUT2D eigenvalue weighted by Crippen LogP contribution is -2.39. The molecule has 1 fully saturated rings. The predicted octanol–water partition coefficient (Wildman–Crippen LogP) is 4.63. The summed E-state index contributed by atoms with van der Waals surface area (Å²) in [6.45, 7) is 9.33. The van der Waals surface area contributed by atoms with E-state index in [1.807, 2.05) is 23.1 Å². The number of ether oxygens (including phenoxy) is 1. The molecule has 4 rings (SSSR count). The topological polar surface area (TPSA) is 45.7 Å². The Labute approximate surface area is 194 Å². The number of rotatable bonds is 7. The number of aromatic nitrogens is 1. The van der Waals surface area contributed by atoms with Gasteiger partial charge >= 0.3 is 0 Å². The molecule has 2 aromatic carbocycles. The Morgan fingerprint density at radius 3 is 2.71 bits per heavy atom. The van der Waals surface area contributed by atoms with Crippen molar-refractivity contribution in [1.82, 2.24) is 9.88 Å². The van der Waals surface area contributed by atoms with Crippen LogP contribution in [0, 0.1) is 13.8 Å². The smallest absolute Gasteiger partial charge is 0.233 e. The lowest BCUT2D eigenvalue weighted by atomic mass is 10.0. The Bertz CT molecular complexity index is 984. The standard InChI is InChI=1S/C24H29N3O2S.ClH/c1-18-8-9-19(2)20(16-18)17-23(28)27(11-5-10-26-12-14-29-15-13-26)24-25-21-6-3-4-7-22(21)30-24;/h3-4,6-9,16H,5,10-15,17H2,1-2H3;1H. The van der Waals surface area contributed by atoms with Crippen molar-refractivity contribution >= 4 is 45.0 Å². The van der Waals surface area contributed by atoms with Gasteiger partial charge < -0.3 is 4.74 Å². The first-order valence-corrected chi connectivity index (χ1v) is 11.4. The number of benzene rings is 2. The molecule has 1 aromatic heterocycles. The van der Waals surface area contributed by atoms with E-state index in [2.05, 4.69) is 43.0 Å². The molecule has 0 radical (unpaired) electrons. The number of carbonyl (C=O) groups excluding carboxylic acids is 1. The molecule has 0 bridgehead atoms. The third-order valence-electron chi connectivity index (χ3n) is 5.62. The van der Waals surface area contributed by atoms with Crippen molar-refractivity contribution in [3.63, 3.8) is 0 Å². The average molecular weight is 460 g/mol. The Morgan fingerprint density at radius 1 is 1.16 bits per heavy atom. The van der Waals surface area contributed by atoms with Crippen molar-refractivity contribution in [3.8, 4) is 0 Å². The average Bonchev–Trinajstić information content (AvgIpc) is 3.18. The summed E-state index contributed by atoms with van der Waals surface area (Å²) < 4.78 is 6.56. The van der Waals surface area contributed by atoms with Gasteiger partial charge in [-0.25, -0.2) is 4.98 Å². The summed E-state index contributed by atoms with van der Waals surface area (Å²) in [4.78, 5) is 22.5. The number of para-hydroxylation sites is 1. The van der Waals surface area contributed by atoms with E-state index in [0.29, 0.717) is 13.0 Å². The van der Waals surface area contributed by atoms with Crippen LogP contribution in [0.1, 0.15) is 23.1 Å². The van der Waals surface area contributed by atoms with Gasteiger partial charge in [0, 0.05) is 26.2 Å². The molecule has 0 unspecified atom stereocenters. The molecule has 0 aliphatic carbocycles. The van der Waals surface area contributed by atoms with Crippen LogP contribution in [0.25, 0.3) is 10.2 Å². The number of nitrogens with zero attached hydrogens (tertiary/aromatic N) is 3. The molecule has 0 spiro atoms. The molecule has 1 amide bonds. The van der Waals surface area contributed by atoms with E-state index >= 15 is 0 Å². The van der Waals surface area contributed by atoms with Gasteiger partial charge in [0.15, 0.2) is 5.13 Å². The summed E-state index contributed by atoms with van der Waals surface area (Å²) in [7, 11) is 0. The van der Waals surface area contributed by atoms with Crippen molar-refractivity contribution in [1.29, 1.82) is 0 Å². The molecule has 0 saturated carbocycles. The number of morpholine rings is 1. The lowest BCUT2D eigenvalue weighted by molar-refractivity contribution is -0.118. The highest BCUT2D eigenvalue weighted by Gasteiger charge is 2.21. The second kappa shape index (κ2) is 11.0. The second-order valence-corrected chi connectivity index (χ2v) is 8.93. The maximum atomic E-state index is 13.4. The maximum Gasteiger partial charge on any atom is 0.233 e. The fraction of sp³-hybridized carbons (Fsp3) is 0.417. The number of amides is 1. The third kappa shape index (κ3) is 6.04. The van der Waals surface area contributed by atoms with Gasteiger partial charge in [0.05, 0.1) is 29.9 Å². The SMILES string of the molecule is Cc1ccc(C)c(CC(=O)N(CCCN2CCOCC2)c2nc3ccccc3s2)c1.Cl. The van der Waals surface area contributed by atoms with E-state index in [1.54, 1.807) is 11.3 Å². The van der Waals surface area contributed by atoms with Gasteiger partial charge in [-0.15, -0.1) is 12.4 Å². The fourth-order valence-electron chi connectivity index (χ4n) is 3.83. The van der Waals surface area contributed by atoms with Crippen LogP contribution in [0.5, 0.6) is 0 Å². The monoisotopic (exact) mass is 459 g/mol. The Morgan fingerprint density at radius 2 is 1.94 bits per heavy atom. The first-order chi connectivity index (χ1) is 14.6. The molecule has 166 valence electrons. The minimum Gasteiger partial charge on any atom is -0.379 e. The van der Waals surface area contributed by atoms with Crippen LogP contribution in [-0.2, 0) is 16.0 Å². The van der Waals surface area contributed by atoms with Crippen LogP contribution in [-0.4, -0.2) is 55.2 Å². The highest BCUT2D eigenvalue weighted by Crippen LogP contribution is 2.29. The molecule has 1 aliphatic rings. The molecule has 2 heterocycles. The molecule has 31 heavy (non-hydrogen) atoms. The lowest BCUT2D eigenvalue weighted by Gasteiger charge is -2.27. The first-order valence-electron chi connectivity index (χ1n) is 10.6. The molecule has 0 atom stereocenters. The summed E-state index contributed by atoms with van der Waals surface area (Å²) in [5.41, 5.74) is 4.39. The first kappa shape index (κ1) is 23.7. The number of hydrogen-bond donors (Lipinski definition) is 0. The zero-order valence-corrected chi connectivity index (χ0v) is 19.8. The van der Waals surface area contributed by atoms with E-state index < -0.39 is 0 Å². The van der Waals surface area contributed by atoms with Crippen molar-refractivity contribution < 1.29 is 9.53 Å². The van der Waals surface area contributed by atoms with Gasteiger partial charge in [-0.05, 0) is 43.5 Å². The molecule has 1 saturated heterocycles. The van der Waals surface area contributed by atoms with Crippen LogP contribution in [0.3, 0.4) is 0 Å². The van der Waals surface area contributed by atoms with Crippen LogP contribution in [0.15, 0.2) is 42.5 Å². The summed E-state index contributed by atoms with van der Waals surface area (Å²) in [5, 5.41) is 0.800. The third-order valence-corrected chi connectivity index (χ3v) is 6.68. The molecule has 3 aromatic rings. The predicted molar refractivity (Wildman–Crippen MR) is 131 cm³/mol. The van der Waals surface area contributed by atoms with Crippen molar-refractivity contribution in [2.24, 2.45) is 0 Å². The van der Waals surface area contributed by atoms with E-state index in [9.17, 15) is 4.79 Å². The minimum absolute atomic E-state index is 0. The maximum absolute atomic E-state index is 13.4. The molecular weight excluding hydrogens is 430 g/mol. The van der Waals surface area contributed by atoms with E-state index in [0.717, 1.165) is 65.7 Å². The number of anilines is 1. The Balaban J connectivity index is 0.00000272. The summed E-state index contributed by atoms with van der Waals surface area (Å²) in [6, 6.07) is 14.4. The van der Waals surface area contributed by atoms with Gasteiger partial charge in [-0.3, -0.25) is 14.6 Å². The van der Waals surface area contributed by atoms with Crippen LogP contribution >= 0.6 is 23.7 Å². The van der Waals surface area contributed by atoms with Crippen molar-refractivity contribution in [2.45, 2.75) is 26.7 Å². The molecule has 7 heteroatoms. The van der Waals surface area contributed by atoms with Gasteiger partial charge in [0.25, 0.3) is 0 Å². The molecule has 5 nitrogen and oxygen atoms in total. The van der Waals surface area contributed by atoms with Crippen molar-refractivity contribution in [2.75, 3.05) is 44.3 Å². The number of carbonyl (C=O) groups is 1. The number of fused-ring (bicyclic) bond motifs is 1. The van der Waals surface area contributed by atoms with E-state index in [4.69, 9.17) is 9.72 Å². The highest BCUT2D eigenvalue weighted by atomic mass is 35.5. The fourth-order valence-corrected chi connectivity index (χ4v) is 4.84. The van der Waals surface area contributed by atoms with Gasteiger partial charge in [0.2, 0.25) is 5.91 Å². The summed E-state index contributed by atoms with van der Waals surface area (Å²) >= 11 is 1.60.